The Kier molecular flexibility index (Phi) is 2.60. The van der Waals surface area contributed by atoms with Crippen LogP contribution in [-0.4, -0.2) is 9.38 Å². The normalized spacial score (nSPS) is 20.4. The number of hydrogen-bond acceptors (Lipinski definition) is 2. The predicted octanol–water partition coefficient (Wildman–Crippen LogP) is 7.21. The van der Waals surface area contributed by atoms with Crippen LogP contribution < -0.4 is 0 Å². The molecule has 0 aliphatic heterocycles. The van der Waals surface area contributed by atoms with Gasteiger partial charge in [0.05, 0.1) is 11.0 Å². The zero-order valence-electron chi connectivity index (χ0n) is 16.8. The first-order chi connectivity index (χ1) is 14.8. The molecule has 3 aromatic heterocycles. The Balaban J connectivity index is 1.67. The first-order valence-electron chi connectivity index (χ1n) is 11.0. The summed E-state index contributed by atoms with van der Waals surface area (Å²) in [6.45, 7) is 2.14. The van der Waals surface area contributed by atoms with Gasteiger partial charge in [0, 0.05) is 16.2 Å². The van der Waals surface area contributed by atoms with Gasteiger partial charge in [-0.3, -0.25) is 4.40 Å². The highest BCUT2D eigenvalue weighted by Gasteiger charge is 2.37. The van der Waals surface area contributed by atoms with E-state index in [1.165, 1.54) is 35.7 Å². The number of benzene rings is 3. The Hall–Kier alpha value is -3.33. The lowest BCUT2D eigenvalue weighted by molar-refractivity contribution is 0.672. The average molecular weight is 388 g/mol. The Labute approximate surface area is 172 Å². The summed E-state index contributed by atoms with van der Waals surface area (Å²) >= 11 is 0. The number of hydrogen-bond donors (Lipinski definition) is 0. The van der Waals surface area contributed by atoms with Gasteiger partial charge in [-0.15, -0.1) is 0 Å². The van der Waals surface area contributed by atoms with Gasteiger partial charge in [-0.25, -0.2) is 4.98 Å². The van der Waals surface area contributed by atoms with Gasteiger partial charge in [0.2, 0.25) is 0 Å². The van der Waals surface area contributed by atoms with E-state index in [4.69, 9.17) is 9.40 Å². The number of aromatic nitrogens is 2. The van der Waals surface area contributed by atoms with Crippen LogP contribution in [0.25, 0.3) is 49.5 Å². The Morgan fingerprint density at radius 2 is 1.70 bits per heavy atom. The maximum Gasteiger partial charge on any atom is 0.160 e. The fraction of sp³-hybridized carbons (Fsp3) is 0.222. The van der Waals surface area contributed by atoms with Gasteiger partial charge >= 0.3 is 0 Å². The van der Waals surface area contributed by atoms with Gasteiger partial charge in [-0.1, -0.05) is 35.9 Å². The SMILES string of the molecule is Cc1ccc2oc3c4ccccc4c4nc5cc6c(cc5n4c3c2c1)C1CCC6C1. The molecule has 0 N–H and O–H groups in total. The zero-order chi connectivity index (χ0) is 19.6. The van der Waals surface area contributed by atoms with Crippen molar-refractivity contribution in [2.24, 2.45) is 0 Å². The standard InChI is InChI=1S/C27H20N2O/c1-14-6-9-24-21(10-14)25-26(30-24)17-4-2-3-5-18(17)27-28-22-12-19-15-7-8-16(11-15)20(19)13-23(22)29(25)27/h2-6,9-10,12-13,15-16H,7-8,11H2,1H3. The second kappa shape index (κ2) is 5.04. The third-order valence-electron chi connectivity index (χ3n) is 7.63. The monoisotopic (exact) mass is 388 g/mol. The minimum Gasteiger partial charge on any atom is -0.454 e. The largest absolute Gasteiger partial charge is 0.454 e. The molecular weight excluding hydrogens is 368 g/mol. The van der Waals surface area contributed by atoms with E-state index >= 15 is 0 Å². The number of fused-ring (bicyclic) bond motifs is 15. The molecule has 0 saturated heterocycles. The quantitative estimate of drug-likeness (QED) is 0.275. The molecule has 0 spiro atoms. The van der Waals surface area contributed by atoms with Crippen molar-refractivity contribution >= 4 is 49.5 Å². The molecule has 8 rings (SSSR count). The Morgan fingerprint density at radius 3 is 2.57 bits per heavy atom. The zero-order valence-corrected chi connectivity index (χ0v) is 16.8. The molecule has 3 heterocycles. The maximum atomic E-state index is 6.44. The molecule has 0 amide bonds. The highest BCUT2D eigenvalue weighted by Crippen LogP contribution is 2.54. The molecule has 2 aliphatic rings. The van der Waals surface area contributed by atoms with Crippen LogP contribution in [0.5, 0.6) is 0 Å². The van der Waals surface area contributed by atoms with Crippen LogP contribution in [0.3, 0.4) is 0 Å². The molecular formula is C27H20N2O. The fourth-order valence-electron chi connectivity index (χ4n) is 6.30. The number of nitrogens with zero attached hydrogens (tertiary/aromatic N) is 2. The third kappa shape index (κ3) is 1.72. The number of aryl methyl sites for hydroxylation is 1. The summed E-state index contributed by atoms with van der Waals surface area (Å²) in [7, 11) is 0. The lowest BCUT2D eigenvalue weighted by Crippen LogP contribution is -1.98. The van der Waals surface area contributed by atoms with Crippen LogP contribution in [0.4, 0.5) is 0 Å². The second-order valence-corrected chi connectivity index (χ2v) is 9.27. The summed E-state index contributed by atoms with van der Waals surface area (Å²) in [5.74, 6) is 1.48. The Bertz CT molecular complexity index is 1700. The molecule has 1 fully saturated rings. The minimum absolute atomic E-state index is 0.735. The van der Waals surface area contributed by atoms with Crippen LogP contribution in [0.2, 0.25) is 0 Å². The lowest BCUT2D eigenvalue weighted by atomic mass is 9.91. The van der Waals surface area contributed by atoms with Gasteiger partial charge in [0.15, 0.2) is 5.58 Å². The fourth-order valence-corrected chi connectivity index (χ4v) is 6.30. The molecule has 3 nitrogen and oxygen atoms in total. The van der Waals surface area contributed by atoms with Crippen LogP contribution >= 0.6 is 0 Å². The molecule has 2 bridgehead atoms. The summed E-state index contributed by atoms with van der Waals surface area (Å²) < 4.78 is 8.81. The molecule has 30 heavy (non-hydrogen) atoms. The molecule has 2 unspecified atom stereocenters. The summed E-state index contributed by atoms with van der Waals surface area (Å²) in [5, 5.41) is 3.46. The van der Waals surface area contributed by atoms with Gasteiger partial charge in [0.1, 0.15) is 16.7 Å². The van der Waals surface area contributed by atoms with Crippen LogP contribution in [-0.2, 0) is 0 Å². The first kappa shape index (κ1) is 15.5. The van der Waals surface area contributed by atoms with E-state index in [2.05, 4.69) is 65.9 Å². The number of pyridine rings is 1. The van der Waals surface area contributed by atoms with Crippen molar-refractivity contribution in [3.8, 4) is 0 Å². The van der Waals surface area contributed by atoms with Gasteiger partial charge < -0.3 is 4.42 Å². The maximum absolute atomic E-state index is 6.44. The van der Waals surface area contributed by atoms with Crippen molar-refractivity contribution in [3.63, 3.8) is 0 Å². The molecule has 2 aliphatic carbocycles. The lowest BCUT2D eigenvalue weighted by Gasteiger charge is -2.14. The molecule has 1 saturated carbocycles. The van der Waals surface area contributed by atoms with Crippen LogP contribution in [0.15, 0.2) is 59.0 Å². The molecule has 2 atom stereocenters. The smallest absolute Gasteiger partial charge is 0.160 e. The second-order valence-electron chi connectivity index (χ2n) is 9.27. The summed E-state index contributed by atoms with van der Waals surface area (Å²) in [4.78, 5) is 5.18. The van der Waals surface area contributed by atoms with Crippen molar-refractivity contribution in [1.82, 2.24) is 9.38 Å². The van der Waals surface area contributed by atoms with E-state index in [-0.39, 0.29) is 0 Å². The first-order valence-corrected chi connectivity index (χ1v) is 11.0. The number of furan rings is 1. The third-order valence-corrected chi connectivity index (χ3v) is 7.63. The summed E-state index contributed by atoms with van der Waals surface area (Å²) in [6, 6.07) is 19.8. The van der Waals surface area contributed by atoms with E-state index in [9.17, 15) is 0 Å². The number of rotatable bonds is 0. The van der Waals surface area contributed by atoms with Crippen LogP contribution in [0.1, 0.15) is 47.8 Å². The minimum atomic E-state index is 0.735. The highest BCUT2D eigenvalue weighted by molar-refractivity contribution is 6.18. The van der Waals surface area contributed by atoms with E-state index < -0.39 is 0 Å². The molecule has 3 aromatic carbocycles. The molecule has 144 valence electrons. The van der Waals surface area contributed by atoms with E-state index in [0.717, 1.165) is 50.5 Å². The summed E-state index contributed by atoms with van der Waals surface area (Å²) in [6.07, 6.45) is 4.01. The highest BCUT2D eigenvalue weighted by atomic mass is 16.3. The predicted molar refractivity (Wildman–Crippen MR) is 122 cm³/mol. The van der Waals surface area contributed by atoms with Gasteiger partial charge in [-0.05, 0) is 73.4 Å². The molecule has 3 heteroatoms. The van der Waals surface area contributed by atoms with E-state index in [1.54, 1.807) is 11.1 Å². The summed E-state index contributed by atoms with van der Waals surface area (Å²) in [5.41, 5.74) is 10.8. The van der Waals surface area contributed by atoms with Crippen molar-refractivity contribution in [2.45, 2.75) is 38.0 Å². The van der Waals surface area contributed by atoms with Crippen molar-refractivity contribution in [1.29, 1.82) is 0 Å². The topological polar surface area (TPSA) is 30.4 Å². The van der Waals surface area contributed by atoms with Gasteiger partial charge in [0.25, 0.3) is 0 Å². The van der Waals surface area contributed by atoms with Gasteiger partial charge in [-0.2, -0.15) is 0 Å². The molecule has 6 aromatic rings. The van der Waals surface area contributed by atoms with E-state index in [0.29, 0.717) is 0 Å². The van der Waals surface area contributed by atoms with Crippen LogP contribution in [0, 0.1) is 6.92 Å². The molecule has 0 radical (unpaired) electrons. The van der Waals surface area contributed by atoms with Crippen molar-refractivity contribution < 1.29 is 4.42 Å². The van der Waals surface area contributed by atoms with Crippen molar-refractivity contribution in [2.75, 3.05) is 0 Å². The van der Waals surface area contributed by atoms with E-state index in [1.807, 2.05) is 0 Å². The average Bonchev–Trinajstić information content (AvgIpc) is 3.53. The number of imidazole rings is 1. The van der Waals surface area contributed by atoms with Crippen molar-refractivity contribution in [3.05, 3.63) is 71.3 Å². The Morgan fingerprint density at radius 1 is 0.900 bits per heavy atom.